The molecule has 5 nitrogen and oxygen atoms in total. The number of thiocarbonyl (C=S) groups is 1. The summed E-state index contributed by atoms with van der Waals surface area (Å²) in [5.41, 5.74) is 1.80. The van der Waals surface area contributed by atoms with E-state index in [1.54, 1.807) is 24.3 Å². The van der Waals surface area contributed by atoms with E-state index in [9.17, 15) is 9.59 Å². The Balaban J connectivity index is 1.59. The van der Waals surface area contributed by atoms with E-state index in [1.807, 2.05) is 30.3 Å². The Bertz CT molecular complexity index is 784. The van der Waals surface area contributed by atoms with E-state index in [2.05, 4.69) is 10.6 Å². The van der Waals surface area contributed by atoms with Crippen LogP contribution in [0.2, 0.25) is 5.02 Å². The molecule has 0 aliphatic rings. The molecule has 0 atom stereocenters. The third kappa shape index (κ3) is 8.19. The fraction of sp³-hybridized carbons (Fsp3) is 0.250. The van der Waals surface area contributed by atoms with Gasteiger partial charge in [-0.05, 0) is 42.8 Å². The fourth-order valence-corrected chi connectivity index (χ4v) is 2.71. The van der Waals surface area contributed by atoms with Crippen LogP contribution in [-0.4, -0.2) is 23.6 Å². The SMILES string of the molecule is O=C(CCC(=O)OCCCc1ccccc1)NC(=S)Nc1ccccc1Cl. The van der Waals surface area contributed by atoms with Crippen molar-refractivity contribution >= 4 is 46.5 Å². The first-order valence-electron chi connectivity index (χ1n) is 8.59. The highest BCUT2D eigenvalue weighted by Crippen LogP contribution is 2.20. The number of carbonyl (C=O) groups is 2. The number of halogens is 1. The summed E-state index contributed by atoms with van der Waals surface area (Å²) in [5, 5.41) is 5.97. The van der Waals surface area contributed by atoms with Crippen molar-refractivity contribution in [2.75, 3.05) is 11.9 Å². The Morgan fingerprint density at radius 2 is 1.70 bits per heavy atom. The van der Waals surface area contributed by atoms with Crippen LogP contribution in [0, 0.1) is 0 Å². The van der Waals surface area contributed by atoms with Gasteiger partial charge in [-0.15, -0.1) is 0 Å². The molecule has 27 heavy (non-hydrogen) atoms. The topological polar surface area (TPSA) is 67.4 Å². The molecule has 2 aromatic rings. The van der Waals surface area contributed by atoms with Crippen molar-refractivity contribution in [2.24, 2.45) is 0 Å². The molecule has 0 radical (unpaired) electrons. The second kappa shape index (κ2) is 11.3. The molecule has 2 rings (SSSR count). The lowest BCUT2D eigenvalue weighted by Crippen LogP contribution is -2.34. The minimum atomic E-state index is -0.400. The summed E-state index contributed by atoms with van der Waals surface area (Å²) in [6.07, 6.45) is 1.60. The third-order valence-electron chi connectivity index (χ3n) is 3.65. The first-order chi connectivity index (χ1) is 13.0. The lowest BCUT2D eigenvalue weighted by atomic mass is 10.1. The highest BCUT2D eigenvalue weighted by atomic mass is 35.5. The summed E-state index contributed by atoms with van der Waals surface area (Å²) >= 11 is 11.1. The number of anilines is 1. The van der Waals surface area contributed by atoms with Crippen LogP contribution < -0.4 is 10.6 Å². The Hall–Kier alpha value is -2.44. The summed E-state index contributed by atoms with van der Waals surface area (Å²) in [5.74, 6) is -0.760. The summed E-state index contributed by atoms with van der Waals surface area (Å²) in [4.78, 5) is 23.6. The van der Waals surface area contributed by atoms with Crippen molar-refractivity contribution in [2.45, 2.75) is 25.7 Å². The van der Waals surface area contributed by atoms with E-state index in [0.29, 0.717) is 17.3 Å². The number of carbonyl (C=O) groups excluding carboxylic acids is 2. The van der Waals surface area contributed by atoms with Crippen molar-refractivity contribution in [3.8, 4) is 0 Å². The van der Waals surface area contributed by atoms with Gasteiger partial charge in [-0.2, -0.15) is 0 Å². The molecule has 0 saturated carbocycles. The number of rotatable bonds is 8. The van der Waals surface area contributed by atoms with Gasteiger partial charge >= 0.3 is 5.97 Å². The van der Waals surface area contributed by atoms with E-state index in [0.717, 1.165) is 12.8 Å². The van der Waals surface area contributed by atoms with Gasteiger partial charge in [0.05, 0.1) is 23.7 Å². The molecule has 0 unspecified atom stereocenters. The van der Waals surface area contributed by atoms with Crippen molar-refractivity contribution in [3.05, 3.63) is 65.2 Å². The molecule has 0 fully saturated rings. The zero-order valence-corrected chi connectivity index (χ0v) is 16.3. The maximum Gasteiger partial charge on any atom is 0.306 e. The van der Waals surface area contributed by atoms with Crippen LogP contribution >= 0.6 is 23.8 Å². The molecule has 0 saturated heterocycles. The Morgan fingerprint density at radius 3 is 2.44 bits per heavy atom. The molecule has 0 bridgehead atoms. The highest BCUT2D eigenvalue weighted by Gasteiger charge is 2.10. The first-order valence-corrected chi connectivity index (χ1v) is 9.38. The molecule has 0 aromatic heterocycles. The number of ether oxygens (including phenoxy) is 1. The molecule has 0 spiro atoms. The van der Waals surface area contributed by atoms with Crippen LogP contribution in [0.15, 0.2) is 54.6 Å². The number of hydrogen-bond donors (Lipinski definition) is 2. The van der Waals surface area contributed by atoms with Crippen LogP contribution in [-0.2, 0) is 20.7 Å². The van der Waals surface area contributed by atoms with Gasteiger partial charge < -0.3 is 15.4 Å². The molecule has 7 heteroatoms. The van der Waals surface area contributed by atoms with Gasteiger partial charge in [0.1, 0.15) is 0 Å². The average molecular weight is 405 g/mol. The van der Waals surface area contributed by atoms with Crippen molar-refractivity contribution in [1.29, 1.82) is 0 Å². The Kier molecular flexibility index (Phi) is 8.74. The van der Waals surface area contributed by atoms with Gasteiger partial charge in [0.25, 0.3) is 0 Å². The minimum absolute atomic E-state index is 0.00185. The molecule has 0 aliphatic heterocycles. The standard InChI is InChI=1S/C20H21ClN2O3S/c21-16-10-4-5-11-17(16)22-20(27)23-18(24)12-13-19(25)26-14-6-9-15-7-2-1-3-8-15/h1-5,7-8,10-11H,6,9,12-14H2,(H2,22,23,24,27). The van der Waals surface area contributed by atoms with Gasteiger partial charge in [0.15, 0.2) is 5.11 Å². The lowest BCUT2D eigenvalue weighted by Gasteiger charge is -2.10. The highest BCUT2D eigenvalue weighted by molar-refractivity contribution is 7.80. The Morgan fingerprint density at radius 1 is 1.00 bits per heavy atom. The van der Waals surface area contributed by atoms with E-state index < -0.39 is 5.97 Å². The smallest absolute Gasteiger partial charge is 0.306 e. The molecule has 0 aliphatic carbocycles. The molecular weight excluding hydrogens is 384 g/mol. The van der Waals surface area contributed by atoms with Gasteiger partial charge in [0.2, 0.25) is 5.91 Å². The van der Waals surface area contributed by atoms with Crippen LogP contribution in [0.1, 0.15) is 24.8 Å². The zero-order chi connectivity index (χ0) is 19.5. The predicted molar refractivity (Wildman–Crippen MR) is 111 cm³/mol. The number of nitrogens with one attached hydrogen (secondary N) is 2. The van der Waals surface area contributed by atoms with E-state index in [4.69, 9.17) is 28.6 Å². The van der Waals surface area contributed by atoms with Crippen molar-refractivity contribution in [3.63, 3.8) is 0 Å². The maximum absolute atomic E-state index is 11.9. The number of esters is 1. The van der Waals surface area contributed by atoms with Crippen LogP contribution in [0.25, 0.3) is 0 Å². The van der Waals surface area contributed by atoms with Gasteiger partial charge in [-0.3, -0.25) is 9.59 Å². The second-order valence-electron chi connectivity index (χ2n) is 5.79. The summed E-state index contributed by atoms with van der Waals surface area (Å²) < 4.78 is 5.15. The largest absolute Gasteiger partial charge is 0.466 e. The summed E-state index contributed by atoms with van der Waals surface area (Å²) in [7, 11) is 0. The third-order valence-corrected chi connectivity index (χ3v) is 4.18. The van der Waals surface area contributed by atoms with E-state index >= 15 is 0 Å². The first kappa shape index (κ1) is 20.9. The predicted octanol–water partition coefficient (Wildman–Crippen LogP) is 4.11. The quantitative estimate of drug-likeness (QED) is 0.393. The van der Waals surface area contributed by atoms with Gasteiger partial charge in [-0.25, -0.2) is 0 Å². The molecule has 1 amide bonds. The number of aryl methyl sites for hydroxylation is 1. The molecule has 2 aromatic carbocycles. The normalized spacial score (nSPS) is 10.1. The Labute approximate surface area is 169 Å². The number of benzene rings is 2. The summed E-state index contributed by atoms with van der Waals surface area (Å²) in [6.45, 7) is 0.335. The monoisotopic (exact) mass is 404 g/mol. The van der Waals surface area contributed by atoms with E-state index in [-0.39, 0.29) is 23.9 Å². The van der Waals surface area contributed by atoms with E-state index in [1.165, 1.54) is 5.56 Å². The fourth-order valence-electron chi connectivity index (χ4n) is 2.30. The van der Waals surface area contributed by atoms with Crippen LogP contribution in [0.5, 0.6) is 0 Å². The van der Waals surface area contributed by atoms with Crippen LogP contribution in [0.3, 0.4) is 0 Å². The average Bonchev–Trinajstić information content (AvgIpc) is 2.66. The maximum atomic E-state index is 11.9. The van der Waals surface area contributed by atoms with Gasteiger partial charge in [0, 0.05) is 6.42 Å². The van der Waals surface area contributed by atoms with Crippen molar-refractivity contribution in [1.82, 2.24) is 5.32 Å². The number of para-hydroxylation sites is 1. The number of amides is 1. The molecule has 0 heterocycles. The molecule has 142 valence electrons. The number of hydrogen-bond acceptors (Lipinski definition) is 4. The minimum Gasteiger partial charge on any atom is -0.466 e. The lowest BCUT2D eigenvalue weighted by molar-refractivity contribution is -0.145. The second-order valence-corrected chi connectivity index (χ2v) is 6.61. The van der Waals surface area contributed by atoms with Crippen molar-refractivity contribution < 1.29 is 14.3 Å². The summed E-state index contributed by atoms with van der Waals surface area (Å²) in [6, 6.07) is 17.0. The molecular formula is C20H21ClN2O3S. The zero-order valence-electron chi connectivity index (χ0n) is 14.7. The van der Waals surface area contributed by atoms with Crippen LogP contribution in [0.4, 0.5) is 5.69 Å². The van der Waals surface area contributed by atoms with Gasteiger partial charge in [-0.1, -0.05) is 54.1 Å². The molecule has 2 N–H and O–H groups in total.